The Bertz CT molecular complexity index is 521. The van der Waals surface area contributed by atoms with Crippen molar-refractivity contribution in [1.29, 1.82) is 0 Å². The molecule has 0 saturated heterocycles. The van der Waals surface area contributed by atoms with Crippen molar-refractivity contribution in [3.05, 3.63) is 66.2 Å². The maximum absolute atomic E-state index is 8.36. The van der Waals surface area contributed by atoms with Crippen LogP contribution >= 0.6 is 0 Å². The molecule has 0 aliphatic heterocycles. The van der Waals surface area contributed by atoms with Crippen LogP contribution < -0.4 is 0 Å². The first kappa shape index (κ1) is 13.2. The van der Waals surface area contributed by atoms with Crippen molar-refractivity contribution in [3.63, 3.8) is 0 Å². The molecule has 0 heterocycles. The fraction of sp³-hybridized carbons (Fsp3) is 0.333. The van der Waals surface area contributed by atoms with Crippen LogP contribution in [0, 0.1) is 0 Å². The van der Waals surface area contributed by atoms with Crippen LogP contribution in [0.1, 0.15) is 16.7 Å². The van der Waals surface area contributed by atoms with Gasteiger partial charge in [0.2, 0.25) is 0 Å². The fourth-order valence-corrected chi connectivity index (χ4v) is 1.51. The van der Waals surface area contributed by atoms with Gasteiger partial charge in [-0.05, 0) is 33.3 Å². The van der Waals surface area contributed by atoms with Crippen LogP contribution in [-0.2, 0) is 19.6 Å². The average molecular weight is 243 g/mol. The molecule has 1 aromatic carbocycles. The number of benzene rings is 1. The van der Waals surface area contributed by atoms with E-state index in [1.54, 1.807) is 18.2 Å². The molecule has 0 amide bonds. The molecule has 0 aromatic heterocycles. The molecule has 0 aliphatic carbocycles. The fourth-order valence-electron chi connectivity index (χ4n) is 1.51. The minimum atomic E-state index is 0.129. The second-order valence-corrected chi connectivity index (χ2v) is 3.22. The summed E-state index contributed by atoms with van der Waals surface area (Å²) in [5.41, 5.74) is 27.2. The summed E-state index contributed by atoms with van der Waals surface area (Å²) in [6.07, 6.45) is 0. The monoisotopic (exact) mass is 243 g/mol. The smallest absolute Gasteiger partial charge is 0.0516 e. The van der Waals surface area contributed by atoms with Crippen molar-refractivity contribution in [2.24, 2.45) is 15.3 Å². The van der Waals surface area contributed by atoms with Crippen LogP contribution in [0.3, 0.4) is 0 Å². The van der Waals surface area contributed by atoms with Crippen molar-refractivity contribution >= 4 is 0 Å². The summed E-state index contributed by atoms with van der Waals surface area (Å²) in [6.45, 7) is 0.456. The molecule has 0 bridgehead atoms. The molecule has 1 aromatic rings. The highest BCUT2D eigenvalue weighted by Crippen LogP contribution is 2.18. The molecule has 1 rings (SSSR count). The standard InChI is InChI=1S/C9H9N9/c10-16-13-4-7-2-1-3-8(5-14-17-11)9(7)6-15-18-12/h1-3H,4-6H2. The van der Waals surface area contributed by atoms with Crippen molar-refractivity contribution in [2.75, 3.05) is 0 Å². The Morgan fingerprint density at radius 1 is 0.778 bits per heavy atom. The summed E-state index contributed by atoms with van der Waals surface area (Å²) in [5, 5.41) is 10.4. The van der Waals surface area contributed by atoms with E-state index in [-0.39, 0.29) is 19.6 Å². The van der Waals surface area contributed by atoms with E-state index in [4.69, 9.17) is 16.6 Å². The van der Waals surface area contributed by atoms with Crippen LogP contribution in [0.25, 0.3) is 31.3 Å². The molecule has 0 saturated carbocycles. The molecule has 0 radical (unpaired) electrons. The largest absolute Gasteiger partial charge is 0.0893 e. The third kappa shape index (κ3) is 3.62. The van der Waals surface area contributed by atoms with Crippen LogP contribution in [-0.4, -0.2) is 0 Å². The highest BCUT2D eigenvalue weighted by Gasteiger charge is 2.06. The Labute approximate surface area is 102 Å². The van der Waals surface area contributed by atoms with Gasteiger partial charge in [0.1, 0.15) is 0 Å². The highest BCUT2D eigenvalue weighted by atomic mass is 15.1. The van der Waals surface area contributed by atoms with E-state index in [1.807, 2.05) is 0 Å². The summed E-state index contributed by atoms with van der Waals surface area (Å²) in [5.74, 6) is 0. The van der Waals surface area contributed by atoms with Gasteiger partial charge in [0.15, 0.2) is 0 Å². The third-order valence-electron chi connectivity index (χ3n) is 2.27. The molecule has 90 valence electrons. The van der Waals surface area contributed by atoms with Crippen LogP contribution in [0.2, 0.25) is 0 Å². The first-order chi connectivity index (χ1) is 8.83. The van der Waals surface area contributed by atoms with E-state index in [1.165, 1.54) is 0 Å². The first-order valence-electron chi connectivity index (χ1n) is 4.95. The zero-order chi connectivity index (χ0) is 13.2. The highest BCUT2D eigenvalue weighted by molar-refractivity contribution is 5.35. The van der Waals surface area contributed by atoms with E-state index in [9.17, 15) is 0 Å². The van der Waals surface area contributed by atoms with E-state index in [0.29, 0.717) is 0 Å². The van der Waals surface area contributed by atoms with Gasteiger partial charge in [0, 0.05) is 14.7 Å². The maximum Gasteiger partial charge on any atom is 0.0516 e. The molecular weight excluding hydrogens is 234 g/mol. The van der Waals surface area contributed by atoms with Crippen molar-refractivity contribution in [3.8, 4) is 0 Å². The van der Waals surface area contributed by atoms with Gasteiger partial charge >= 0.3 is 0 Å². The quantitative estimate of drug-likeness (QED) is 0.401. The van der Waals surface area contributed by atoms with E-state index in [0.717, 1.165) is 16.7 Å². The van der Waals surface area contributed by atoms with Crippen molar-refractivity contribution in [1.82, 2.24) is 0 Å². The van der Waals surface area contributed by atoms with Crippen LogP contribution in [0.5, 0.6) is 0 Å². The third-order valence-corrected chi connectivity index (χ3v) is 2.27. The van der Waals surface area contributed by atoms with Crippen LogP contribution in [0.15, 0.2) is 33.5 Å². The van der Waals surface area contributed by atoms with Gasteiger partial charge in [0.05, 0.1) is 19.6 Å². The van der Waals surface area contributed by atoms with Crippen LogP contribution in [0.4, 0.5) is 0 Å². The minimum Gasteiger partial charge on any atom is -0.0893 e. The lowest BCUT2D eigenvalue weighted by molar-refractivity contribution is 0.915. The average Bonchev–Trinajstić information content (AvgIpc) is 2.41. The molecule has 0 unspecified atom stereocenters. The van der Waals surface area contributed by atoms with E-state index >= 15 is 0 Å². The zero-order valence-corrected chi connectivity index (χ0v) is 9.38. The number of hydrogen-bond donors (Lipinski definition) is 0. The molecular formula is C9H9N9. The summed E-state index contributed by atoms with van der Waals surface area (Å²) in [4.78, 5) is 8.06. The number of nitrogens with zero attached hydrogens (tertiary/aromatic N) is 9. The maximum atomic E-state index is 8.36. The summed E-state index contributed by atoms with van der Waals surface area (Å²) in [7, 11) is 0. The second-order valence-electron chi connectivity index (χ2n) is 3.22. The number of hydrogen-bond acceptors (Lipinski definition) is 3. The topological polar surface area (TPSA) is 146 Å². The summed E-state index contributed by atoms with van der Waals surface area (Å²) < 4.78 is 0. The Hall–Kier alpha value is -2.85. The van der Waals surface area contributed by atoms with Gasteiger partial charge in [-0.3, -0.25) is 0 Å². The Kier molecular flexibility index (Phi) is 5.45. The Balaban J connectivity index is 3.18. The predicted octanol–water partition coefficient (Wildman–Crippen LogP) is 4.12. The zero-order valence-electron chi connectivity index (χ0n) is 9.38. The van der Waals surface area contributed by atoms with Gasteiger partial charge in [-0.2, -0.15) is 0 Å². The number of azide groups is 3. The van der Waals surface area contributed by atoms with Crippen molar-refractivity contribution in [2.45, 2.75) is 19.6 Å². The summed E-state index contributed by atoms with van der Waals surface area (Å²) in [6, 6.07) is 5.32. The van der Waals surface area contributed by atoms with Gasteiger partial charge in [-0.15, -0.1) is 0 Å². The lowest BCUT2D eigenvalue weighted by atomic mass is 10.0. The molecule has 0 N–H and O–H groups in total. The molecule has 0 fully saturated rings. The normalized spacial score (nSPS) is 8.67. The van der Waals surface area contributed by atoms with Gasteiger partial charge in [0.25, 0.3) is 0 Å². The lowest BCUT2D eigenvalue weighted by Crippen LogP contribution is -1.97. The van der Waals surface area contributed by atoms with Gasteiger partial charge in [-0.1, -0.05) is 33.5 Å². The molecule has 0 atom stereocenters. The minimum absolute atomic E-state index is 0.129. The second kappa shape index (κ2) is 7.43. The molecule has 0 aliphatic rings. The lowest BCUT2D eigenvalue weighted by Gasteiger charge is -2.09. The number of rotatable bonds is 6. The molecule has 0 spiro atoms. The van der Waals surface area contributed by atoms with E-state index < -0.39 is 0 Å². The predicted molar refractivity (Wildman–Crippen MR) is 65.0 cm³/mol. The Morgan fingerprint density at radius 3 is 1.67 bits per heavy atom. The molecule has 9 nitrogen and oxygen atoms in total. The molecule has 18 heavy (non-hydrogen) atoms. The van der Waals surface area contributed by atoms with E-state index in [2.05, 4.69) is 30.1 Å². The molecule has 9 heteroatoms. The Morgan fingerprint density at radius 2 is 1.22 bits per heavy atom. The van der Waals surface area contributed by atoms with Gasteiger partial charge < -0.3 is 0 Å². The first-order valence-corrected chi connectivity index (χ1v) is 4.95. The SMILES string of the molecule is [N-]=[N+]=NCc1cccc(CN=[N+]=[N-])c1CN=[N+]=[N-]. The van der Waals surface area contributed by atoms with Crippen molar-refractivity contribution < 1.29 is 0 Å². The van der Waals surface area contributed by atoms with Gasteiger partial charge in [-0.25, -0.2) is 0 Å². The summed E-state index contributed by atoms with van der Waals surface area (Å²) >= 11 is 0.